The molecule has 0 bridgehead atoms. The van der Waals surface area contributed by atoms with Gasteiger partial charge < -0.3 is 15.2 Å². The van der Waals surface area contributed by atoms with Gasteiger partial charge in [-0.15, -0.1) is 0 Å². The summed E-state index contributed by atoms with van der Waals surface area (Å²) in [6.45, 7) is 9.84. The number of aliphatic hydroxyl groups excluding tert-OH is 1. The van der Waals surface area contributed by atoms with E-state index in [4.69, 9.17) is 9.84 Å². The lowest BCUT2D eigenvalue weighted by atomic mass is 10.0. The topological polar surface area (TPSA) is 58.6 Å². The molecule has 18 heavy (non-hydrogen) atoms. The first kappa shape index (κ1) is 17.0. The van der Waals surface area contributed by atoms with E-state index in [-0.39, 0.29) is 12.6 Å². The van der Waals surface area contributed by atoms with E-state index in [9.17, 15) is 4.79 Å². The van der Waals surface area contributed by atoms with Crippen molar-refractivity contribution in [2.45, 2.75) is 59.1 Å². The maximum Gasteiger partial charge on any atom is 0.408 e. The summed E-state index contributed by atoms with van der Waals surface area (Å²) in [5.41, 5.74) is -0.485. The van der Waals surface area contributed by atoms with Crippen molar-refractivity contribution in [3.8, 4) is 0 Å². The molecule has 0 radical (unpaired) electrons. The van der Waals surface area contributed by atoms with Gasteiger partial charge in [-0.25, -0.2) is 4.79 Å². The number of alkyl carbamates (subject to hydrolysis) is 1. The third-order valence-electron chi connectivity index (χ3n) is 2.09. The van der Waals surface area contributed by atoms with Crippen LogP contribution >= 0.6 is 0 Å². The monoisotopic (exact) mass is 257 g/mol. The van der Waals surface area contributed by atoms with Gasteiger partial charge in [-0.2, -0.15) is 0 Å². The molecule has 0 saturated carbocycles. The largest absolute Gasteiger partial charge is 0.444 e. The lowest BCUT2D eigenvalue weighted by Gasteiger charge is -2.23. The Morgan fingerprint density at radius 2 is 2.00 bits per heavy atom. The predicted molar refractivity (Wildman–Crippen MR) is 73.5 cm³/mol. The highest BCUT2D eigenvalue weighted by atomic mass is 16.6. The minimum Gasteiger partial charge on any atom is -0.444 e. The van der Waals surface area contributed by atoms with Crippen LogP contribution in [0.1, 0.15) is 47.5 Å². The van der Waals surface area contributed by atoms with Gasteiger partial charge in [0.05, 0.1) is 6.04 Å². The zero-order valence-electron chi connectivity index (χ0n) is 12.2. The van der Waals surface area contributed by atoms with Crippen LogP contribution in [0.5, 0.6) is 0 Å². The van der Waals surface area contributed by atoms with Crippen LogP contribution in [0.3, 0.4) is 0 Å². The summed E-state index contributed by atoms with van der Waals surface area (Å²) in [7, 11) is 0. The quantitative estimate of drug-likeness (QED) is 0.719. The molecule has 4 heteroatoms. The van der Waals surface area contributed by atoms with Crippen molar-refractivity contribution in [1.82, 2.24) is 5.32 Å². The molecule has 1 atom stereocenters. The summed E-state index contributed by atoms with van der Waals surface area (Å²) in [5, 5.41) is 11.6. The van der Waals surface area contributed by atoms with E-state index in [0.29, 0.717) is 12.3 Å². The maximum atomic E-state index is 11.7. The van der Waals surface area contributed by atoms with Crippen LogP contribution in [-0.4, -0.2) is 29.4 Å². The Hall–Kier alpha value is -1.03. The van der Waals surface area contributed by atoms with Crippen LogP contribution in [0.2, 0.25) is 0 Å². The fourth-order valence-electron chi connectivity index (χ4n) is 1.49. The molecule has 0 heterocycles. The summed E-state index contributed by atoms with van der Waals surface area (Å²) in [6, 6.07) is -0.0496. The van der Waals surface area contributed by atoms with Crippen LogP contribution in [0.15, 0.2) is 12.2 Å². The molecule has 0 spiro atoms. The SMILES string of the molecule is CC(C)CC(/C=C\CCO)NC(=O)OC(C)(C)C. The lowest BCUT2D eigenvalue weighted by molar-refractivity contribution is 0.0510. The van der Waals surface area contributed by atoms with E-state index in [2.05, 4.69) is 19.2 Å². The molecule has 2 N–H and O–H groups in total. The van der Waals surface area contributed by atoms with Crippen LogP contribution in [0.25, 0.3) is 0 Å². The molecule has 1 amide bonds. The van der Waals surface area contributed by atoms with Gasteiger partial charge in [0.1, 0.15) is 5.60 Å². The van der Waals surface area contributed by atoms with Crippen LogP contribution < -0.4 is 5.32 Å². The third-order valence-corrected chi connectivity index (χ3v) is 2.09. The van der Waals surface area contributed by atoms with Crippen LogP contribution in [0.4, 0.5) is 4.79 Å². The fraction of sp³-hybridized carbons (Fsp3) is 0.786. The molecule has 106 valence electrons. The summed E-state index contributed by atoms with van der Waals surface area (Å²) in [5.74, 6) is 0.476. The summed E-state index contributed by atoms with van der Waals surface area (Å²) in [4.78, 5) is 11.7. The second-order valence-electron chi connectivity index (χ2n) is 5.82. The number of hydrogen-bond donors (Lipinski definition) is 2. The van der Waals surface area contributed by atoms with Crippen LogP contribution in [0, 0.1) is 5.92 Å². The zero-order chi connectivity index (χ0) is 14.2. The van der Waals surface area contributed by atoms with Gasteiger partial charge in [0.2, 0.25) is 0 Å². The number of carbonyl (C=O) groups excluding carboxylic acids is 1. The molecule has 0 fully saturated rings. The van der Waals surface area contributed by atoms with Gasteiger partial charge >= 0.3 is 6.09 Å². The van der Waals surface area contributed by atoms with Crippen molar-refractivity contribution in [1.29, 1.82) is 0 Å². The number of ether oxygens (including phenoxy) is 1. The smallest absolute Gasteiger partial charge is 0.408 e. The second-order valence-corrected chi connectivity index (χ2v) is 5.82. The molecule has 1 unspecified atom stereocenters. The van der Waals surface area contributed by atoms with Crippen molar-refractivity contribution < 1.29 is 14.6 Å². The Morgan fingerprint density at radius 1 is 1.39 bits per heavy atom. The van der Waals surface area contributed by atoms with Gasteiger partial charge in [-0.05, 0) is 39.5 Å². The molecule has 0 saturated heterocycles. The van der Waals surface area contributed by atoms with E-state index in [1.807, 2.05) is 32.9 Å². The van der Waals surface area contributed by atoms with Gasteiger partial charge in [0, 0.05) is 6.61 Å². The number of carbonyl (C=O) groups is 1. The molecule has 0 aliphatic rings. The Balaban J connectivity index is 4.35. The van der Waals surface area contributed by atoms with E-state index in [1.54, 1.807) is 0 Å². The van der Waals surface area contributed by atoms with E-state index >= 15 is 0 Å². The number of amides is 1. The van der Waals surface area contributed by atoms with E-state index in [1.165, 1.54) is 0 Å². The van der Waals surface area contributed by atoms with Crippen molar-refractivity contribution >= 4 is 6.09 Å². The standard InChI is InChI=1S/C14H27NO3/c1-11(2)10-12(8-6-7-9-16)15-13(17)18-14(3,4)5/h6,8,11-12,16H,7,9-10H2,1-5H3,(H,15,17)/b8-6-. The summed E-state index contributed by atoms with van der Waals surface area (Å²) in [6.07, 6.45) is 4.85. The molecule has 4 nitrogen and oxygen atoms in total. The Labute approximate surface area is 110 Å². The first-order valence-corrected chi connectivity index (χ1v) is 6.51. The first-order valence-electron chi connectivity index (χ1n) is 6.51. The molecule has 0 aliphatic carbocycles. The second kappa shape index (κ2) is 8.14. The average Bonchev–Trinajstić information content (AvgIpc) is 2.13. The minimum absolute atomic E-state index is 0.0496. The first-order chi connectivity index (χ1) is 8.24. The lowest BCUT2D eigenvalue weighted by Crippen LogP contribution is -2.38. The number of rotatable bonds is 6. The highest BCUT2D eigenvalue weighted by molar-refractivity contribution is 5.68. The average molecular weight is 257 g/mol. The normalized spacial score (nSPS) is 13.9. The van der Waals surface area contributed by atoms with Gasteiger partial charge in [0.15, 0.2) is 0 Å². The highest BCUT2D eigenvalue weighted by Gasteiger charge is 2.18. The van der Waals surface area contributed by atoms with Gasteiger partial charge in [0.25, 0.3) is 0 Å². The highest BCUT2D eigenvalue weighted by Crippen LogP contribution is 2.10. The molecular weight excluding hydrogens is 230 g/mol. The number of nitrogens with one attached hydrogen (secondary N) is 1. The van der Waals surface area contributed by atoms with Crippen LogP contribution in [-0.2, 0) is 4.74 Å². The van der Waals surface area contributed by atoms with Crippen molar-refractivity contribution in [3.05, 3.63) is 12.2 Å². The number of hydrogen-bond acceptors (Lipinski definition) is 3. The third kappa shape index (κ3) is 10.1. The van der Waals surface area contributed by atoms with Crippen molar-refractivity contribution in [2.24, 2.45) is 5.92 Å². The van der Waals surface area contributed by atoms with Gasteiger partial charge in [-0.1, -0.05) is 26.0 Å². The molecule has 0 aromatic rings. The zero-order valence-corrected chi connectivity index (χ0v) is 12.2. The fourth-order valence-corrected chi connectivity index (χ4v) is 1.49. The van der Waals surface area contributed by atoms with Crippen molar-refractivity contribution in [2.75, 3.05) is 6.61 Å². The van der Waals surface area contributed by atoms with Crippen molar-refractivity contribution in [3.63, 3.8) is 0 Å². The summed E-state index contributed by atoms with van der Waals surface area (Å²) < 4.78 is 5.22. The number of aliphatic hydroxyl groups is 1. The molecule has 0 rings (SSSR count). The predicted octanol–water partition coefficient (Wildman–Crippen LogP) is 2.86. The maximum absolute atomic E-state index is 11.7. The summed E-state index contributed by atoms with van der Waals surface area (Å²) >= 11 is 0. The Morgan fingerprint density at radius 3 is 2.44 bits per heavy atom. The van der Waals surface area contributed by atoms with E-state index in [0.717, 1.165) is 6.42 Å². The van der Waals surface area contributed by atoms with E-state index < -0.39 is 11.7 Å². The van der Waals surface area contributed by atoms with Gasteiger partial charge in [-0.3, -0.25) is 0 Å². The Kier molecular flexibility index (Phi) is 7.67. The Bertz CT molecular complexity index is 267. The molecule has 0 aromatic carbocycles. The molecule has 0 aliphatic heterocycles. The minimum atomic E-state index is -0.485. The molecule has 0 aromatic heterocycles. The molecular formula is C14H27NO3.